The Balaban J connectivity index is 0.000000561. The van der Waals surface area contributed by atoms with Crippen LogP contribution in [0.5, 0.6) is 0 Å². The molecule has 1 heterocycles. The van der Waals surface area contributed by atoms with Crippen molar-refractivity contribution in [2.45, 2.75) is 40.2 Å². The van der Waals surface area contributed by atoms with Gasteiger partial charge in [-0.05, 0) is 25.8 Å². The van der Waals surface area contributed by atoms with E-state index in [-0.39, 0.29) is 0 Å². The molecule has 0 aromatic heterocycles. The Hall–Kier alpha value is -0.0800. The lowest BCUT2D eigenvalue weighted by molar-refractivity contribution is 0.00817. The molecule has 0 aromatic carbocycles. The Labute approximate surface area is 76.7 Å². The Morgan fingerprint density at radius 1 is 1.42 bits per heavy atom. The van der Waals surface area contributed by atoms with Crippen LogP contribution >= 0.6 is 0 Å². The molecule has 1 saturated heterocycles. The fourth-order valence-corrected chi connectivity index (χ4v) is 1.45. The fraction of sp³-hybridized carbons (Fsp3) is 1.00. The summed E-state index contributed by atoms with van der Waals surface area (Å²) in [5.41, 5.74) is 0. The molecule has 0 radical (unpaired) electrons. The molecular weight excluding hydrogens is 150 g/mol. The number of nitrogens with one attached hydrogen (secondary N) is 1. The van der Waals surface area contributed by atoms with Gasteiger partial charge in [-0.3, -0.25) is 0 Å². The largest absolute Gasteiger partial charge is 0.378 e. The molecule has 1 fully saturated rings. The average molecular weight is 173 g/mol. The van der Waals surface area contributed by atoms with Gasteiger partial charge >= 0.3 is 0 Å². The predicted octanol–water partition coefficient (Wildman–Crippen LogP) is 2.05. The highest BCUT2D eigenvalue weighted by atomic mass is 16.5. The summed E-state index contributed by atoms with van der Waals surface area (Å²) in [6, 6.07) is 0. The molecule has 0 bridgehead atoms. The van der Waals surface area contributed by atoms with Crippen molar-refractivity contribution in [3.63, 3.8) is 0 Å². The molecule has 1 aliphatic heterocycles. The molecule has 12 heavy (non-hydrogen) atoms. The van der Waals surface area contributed by atoms with Crippen LogP contribution < -0.4 is 5.32 Å². The maximum atomic E-state index is 5.56. The van der Waals surface area contributed by atoms with Crippen LogP contribution in [0.2, 0.25) is 0 Å². The highest BCUT2D eigenvalue weighted by molar-refractivity contribution is 4.74. The molecule has 0 amide bonds. The lowest BCUT2D eigenvalue weighted by Crippen LogP contribution is -2.39. The zero-order valence-corrected chi connectivity index (χ0v) is 8.89. The monoisotopic (exact) mass is 173 g/mol. The minimum atomic E-state index is 0.506. The van der Waals surface area contributed by atoms with E-state index in [1.165, 1.54) is 6.42 Å². The molecule has 0 aromatic rings. The van der Waals surface area contributed by atoms with E-state index in [1.54, 1.807) is 0 Å². The molecule has 1 N–H and O–H groups in total. The van der Waals surface area contributed by atoms with Crippen LogP contribution in [0.15, 0.2) is 0 Å². The van der Waals surface area contributed by atoms with Gasteiger partial charge in [0.1, 0.15) is 0 Å². The molecule has 2 nitrogen and oxygen atoms in total. The third-order valence-electron chi connectivity index (χ3n) is 2.09. The lowest BCUT2D eigenvalue weighted by atomic mass is 9.98. The van der Waals surface area contributed by atoms with Crippen LogP contribution in [0.25, 0.3) is 0 Å². The SMILES string of the molecule is CC.CCOC1CCNCC1C. The Morgan fingerprint density at radius 3 is 2.58 bits per heavy atom. The van der Waals surface area contributed by atoms with Crippen molar-refractivity contribution in [2.24, 2.45) is 5.92 Å². The second-order valence-electron chi connectivity index (χ2n) is 2.96. The maximum absolute atomic E-state index is 5.56. The molecule has 2 heteroatoms. The molecule has 2 atom stereocenters. The van der Waals surface area contributed by atoms with Gasteiger partial charge in [0.25, 0.3) is 0 Å². The highest BCUT2D eigenvalue weighted by Crippen LogP contribution is 2.13. The van der Waals surface area contributed by atoms with Crippen LogP contribution in [0.4, 0.5) is 0 Å². The minimum absolute atomic E-state index is 0.506. The highest BCUT2D eigenvalue weighted by Gasteiger charge is 2.20. The zero-order valence-electron chi connectivity index (χ0n) is 8.89. The van der Waals surface area contributed by atoms with Gasteiger partial charge in [0, 0.05) is 13.2 Å². The van der Waals surface area contributed by atoms with E-state index in [1.807, 2.05) is 13.8 Å². The van der Waals surface area contributed by atoms with Crippen LogP contribution in [0.1, 0.15) is 34.1 Å². The van der Waals surface area contributed by atoms with Crippen LogP contribution in [0.3, 0.4) is 0 Å². The Morgan fingerprint density at radius 2 is 2.08 bits per heavy atom. The first-order valence-electron chi connectivity index (χ1n) is 5.17. The summed E-state index contributed by atoms with van der Waals surface area (Å²) in [5, 5.41) is 3.34. The molecule has 1 rings (SSSR count). The van der Waals surface area contributed by atoms with E-state index < -0.39 is 0 Å². The van der Waals surface area contributed by atoms with Gasteiger partial charge < -0.3 is 10.1 Å². The molecule has 0 aliphatic carbocycles. The third kappa shape index (κ3) is 4.07. The standard InChI is InChI=1S/C8H17NO.C2H6/c1-3-10-8-4-5-9-6-7(8)2;1-2/h7-9H,3-6H2,1-2H3;1-2H3. The number of hydrogen-bond donors (Lipinski definition) is 1. The van der Waals surface area contributed by atoms with E-state index in [4.69, 9.17) is 4.74 Å². The van der Waals surface area contributed by atoms with Crippen LogP contribution in [-0.4, -0.2) is 25.8 Å². The van der Waals surface area contributed by atoms with Crippen molar-refractivity contribution >= 4 is 0 Å². The molecule has 0 spiro atoms. The number of hydrogen-bond acceptors (Lipinski definition) is 2. The summed E-state index contributed by atoms with van der Waals surface area (Å²) in [6.07, 6.45) is 1.68. The second kappa shape index (κ2) is 7.56. The lowest BCUT2D eigenvalue weighted by Gasteiger charge is -2.28. The first kappa shape index (κ1) is 11.9. The molecule has 1 aliphatic rings. The van der Waals surface area contributed by atoms with Crippen molar-refractivity contribution in [1.82, 2.24) is 5.32 Å². The summed E-state index contributed by atoms with van der Waals surface area (Å²) in [4.78, 5) is 0. The summed E-state index contributed by atoms with van der Waals surface area (Å²) >= 11 is 0. The summed E-state index contributed by atoms with van der Waals surface area (Å²) < 4.78 is 5.56. The molecule has 0 saturated carbocycles. The first-order valence-corrected chi connectivity index (χ1v) is 5.17. The minimum Gasteiger partial charge on any atom is -0.378 e. The predicted molar refractivity (Wildman–Crippen MR) is 53.4 cm³/mol. The summed E-state index contributed by atoms with van der Waals surface area (Å²) in [5.74, 6) is 0.689. The van der Waals surface area contributed by atoms with E-state index in [0.29, 0.717) is 12.0 Å². The zero-order chi connectivity index (χ0) is 9.40. The topological polar surface area (TPSA) is 21.3 Å². The Bertz CT molecular complexity index is 93.8. The summed E-state index contributed by atoms with van der Waals surface area (Å²) in [6.45, 7) is 11.4. The second-order valence-corrected chi connectivity index (χ2v) is 2.96. The Kier molecular flexibility index (Phi) is 7.51. The van der Waals surface area contributed by atoms with E-state index in [2.05, 4.69) is 19.2 Å². The number of rotatable bonds is 2. The molecule has 74 valence electrons. The van der Waals surface area contributed by atoms with Gasteiger partial charge in [0.05, 0.1) is 6.10 Å². The quantitative estimate of drug-likeness (QED) is 0.690. The van der Waals surface area contributed by atoms with Gasteiger partial charge in [-0.25, -0.2) is 0 Å². The van der Waals surface area contributed by atoms with Crippen molar-refractivity contribution in [3.8, 4) is 0 Å². The van der Waals surface area contributed by atoms with Crippen LogP contribution in [0, 0.1) is 5.92 Å². The molecule has 2 unspecified atom stereocenters. The van der Waals surface area contributed by atoms with Crippen molar-refractivity contribution in [2.75, 3.05) is 19.7 Å². The van der Waals surface area contributed by atoms with Gasteiger partial charge in [-0.15, -0.1) is 0 Å². The number of piperidine rings is 1. The van der Waals surface area contributed by atoms with Crippen LogP contribution in [-0.2, 0) is 4.74 Å². The maximum Gasteiger partial charge on any atom is 0.0624 e. The average Bonchev–Trinajstić information content (AvgIpc) is 2.13. The normalized spacial score (nSPS) is 29.0. The van der Waals surface area contributed by atoms with Gasteiger partial charge in [0.15, 0.2) is 0 Å². The van der Waals surface area contributed by atoms with Crippen molar-refractivity contribution < 1.29 is 4.74 Å². The van der Waals surface area contributed by atoms with Crippen molar-refractivity contribution in [1.29, 1.82) is 0 Å². The van der Waals surface area contributed by atoms with E-state index >= 15 is 0 Å². The van der Waals surface area contributed by atoms with E-state index in [0.717, 1.165) is 19.7 Å². The smallest absolute Gasteiger partial charge is 0.0624 e. The third-order valence-corrected chi connectivity index (χ3v) is 2.09. The fourth-order valence-electron chi connectivity index (χ4n) is 1.45. The number of ether oxygens (including phenoxy) is 1. The first-order chi connectivity index (χ1) is 5.84. The van der Waals surface area contributed by atoms with Crippen molar-refractivity contribution in [3.05, 3.63) is 0 Å². The van der Waals surface area contributed by atoms with Gasteiger partial charge in [0.2, 0.25) is 0 Å². The van der Waals surface area contributed by atoms with E-state index in [9.17, 15) is 0 Å². The van der Waals surface area contributed by atoms with Gasteiger partial charge in [-0.1, -0.05) is 20.8 Å². The molecular formula is C10H23NO. The summed E-state index contributed by atoms with van der Waals surface area (Å²) in [7, 11) is 0. The van der Waals surface area contributed by atoms with Gasteiger partial charge in [-0.2, -0.15) is 0 Å².